The molecule has 1 rings (SSSR count). The lowest BCUT2D eigenvalue weighted by Crippen LogP contribution is -2.30. The van der Waals surface area contributed by atoms with Gasteiger partial charge in [-0.25, -0.2) is 4.98 Å². The molecule has 0 unspecified atom stereocenters. The summed E-state index contributed by atoms with van der Waals surface area (Å²) < 4.78 is 4.85. The molecule has 2 N–H and O–H groups in total. The number of ether oxygens (including phenoxy) is 1. The molecule has 1 aromatic rings. The summed E-state index contributed by atoms with van der Waals surface area (Å²) in [6.07, 6.45) is 1.65. The molecule has 1 heterocycles. The second-order valence-electron chi connectivity index (χ2n) is 3.39. The number of carbonyl (C=O) groups is 1. The van der Waals surface area contributed by atoms with E-state index in [0.717, 1.165) is 5.56 Å². The Bertz CT molecular complexity index is 342. The van der Waals surface area contributed by atoms with Gasteiger partial charge in [0.1, 0.15) is 5.82 Å². The second-order valence-corrected chi connectivity index (χ2v) is 3.39. The van der Waals surface area contributed by atoms with Crippen LogP contribution in [0.15, 0.2) is 18.3 Å². The van der Waals surface area contributed by atoms with Crippen molar-refractivity contribution in [2.24, 2.45) is 0 Å². The zero-order chi connectivity index (χ0) is 11.8. The van der Waals surface area contributed by atoms with Crippen molar-refractivity contribution in [2.75, 3.05) is 32.1 Å². The summed E-state index contributed by atoms with van der Waals surface area (Å²) in [6.45, 7) is 3.42. The Morgan fingerprint density at radius 3 is 3.06 bits per heavy atom. The van der Waals surface area contributed by atoms with Crippen molar-refractivity contribution >= 4 is 11.7 Å². The van der Waals surface area contributed by atoms with Crippen LogP contribution in [0.3, 0.4) is 0 Å². The van der Waals surface area contributed by atoms with Crippen molar-refractivity contribution in [2.45, 2.75) is 6.92 Å². The Morgan fingerprint density at radius 1 is 1.56 bits per heavy atom. The van der Waals surface area contributed by atoms with Gasteiger partial charge in [0.2, 0.25) is 5.91 Å². The number of methoxy groups -OCH3 is 1. The maximum absolute atomic E-state index is 11.5. The minimum Gasteiger partial charge on any atom is -0.383 e. The zero-order valence-electron chi connectivity index (χ0n) is 9.62. The fourth-order valence-corrected chi connectivity index (χ4v) is 1.17. The van der Waals surface area contributed by atoms with E-state index in [4.69, 9.17) is 4.74 Å². The first-order chi connectivity index (χ1) is 7.74. The largest absolute Gasteiger partial charge is 0.383 e. The van der Waals surface area contributed by atoms with E-state index < -0.39 is 0 Å². The lowest BCUT2D eigenvalue weighted by Gasteiger charge is -2.07. The van der Waals surface area contributed by atoms with Crippen molar-refractivity contribution in [3.05, 3.63) is 23.9 Å². The van der Waals surface area contributed by atoms with E-state index in [1.54, 1.807) is 13.3 Å². The molecule has 5 heteroatoms. The van der Waals surface area contributed by atoms with E-state index in [1.165, 1.54) is 0 Å². The molecule has 0 aliphatic heterocycles. The molecule has 0 atom stereocenters. The lowest BCUT2D eigenvalue weighted by atomic mass is 10.3. The van der Waals surface area contributed by atoms with Gasteiger partial charge in [0.15, 0.2) is 0 Å². The molecule has 0 fully saturated rings. The van der Waals surface area contributed by atoms with Crippen LogP contribution in [0.4, 0.5) is 5.82 Å². The van der Waals surface area contributed by atoms with Crippen LogP contribution in [0.2, 0.25) is 0 Å². The number of aromatic nitrogens is 1. The number of nitrogens with zero attached hydrogens (tertiary/aromatic N) is 1. The molecule has 0 spiro atoms. The number of amides is 1. The summed E-state index contributed by atoms with van der Waals surface area (Å²) in [5.74, 6) is 0.513. The van der Waals surface area contributed by atoms with Gasteiger partial charge in [-0.15, -0.1) is 0 Å². The van der Waals surface area contributed by atoms with Crippen molar-refractivity contribution in [3.8, 4) is 0 Å². The molecule has 0 saturated carbocycles. The van der Waals surface area contributed by atoms with Gasteiger partial charge in [-0.3, -0.25) is 4.79 Å². The summed E-state index contributed by atoms with van der Waals surface area (Å²) in [7, 11) is 1.62. The number of carbonyl (C=O) groups excluding carboxylic acids is 1. The standard InChI is InChI=1S/C11H17N3O2/c1-9-4-3-5-13-11(9)14-10(15)8-12-6-7-16-2/h3-5,12H,6-8H2,1-2H3,(H,13,14,15). The first kappa shape index (κ1) is 12.6. The number of rotatable bonds is 6. The number of hydrogen-bond donors (Lipinski definition) is 2. The van der Waals surface area contributed by atoms with Crippen molar-refractivity contribution < 1.29 is 9.53 Å². The number of hydrogen-bond acceptors (Lipinski definition) is 4. The maximum Gasteiger partial charge on any atom is 0.239 e. The molecular formula is C11H17N3O2. The summed E-state index contributed by atoms with van der Waals surface area (Å²) >= 11 is 0. The van der Waals surface area contributed by atoms with Crippen molar-refractivity contribution in [1.29, 1.82) is 0 Å². The highest BCUT2D eigenvalue weighted by atomic mass is 16.5. The van der Waals surface area contributed by atoms with E-state index in [0.29, 0.717) is 19.0 Å². The van der Waals surface area contributed by atoms with E-state index in [1.807, 2.05) is 19.1 Å². The van der Waals surface area contributed by atoms with E-state index in [9.17, 15) is 4.79 Å². The number of aryl methyl sites for hydroxylation is 1. The van der Waals surface area contributed by atoms with Crippen LogP contribution in [-0.2, 0) is 9.53 Å². The van der Waals surface area contributed by atoms with Gasteiger partial charge in [-0.05, 0) is 18.6 Å². The van der Waals surface area contributed by atoms with Crippen LogP contribution >= 0.6 is 0 Å². The second kappa shape index (κ2) is 6.92. The predicted octanol–water partition coefficient (Wildman–Crippen LogP) is 0.565. The Balaban J connectivity index is 2.32. The SMILES string of the molecule is COCCNCC(=O)Nc1ncccc1C. The summed E-state index contributed by atoms with van der Waals surface area (Å²) in [5, 5.41) is 5.69. The lowest BCUT2D eigenvalue weighted by molar-refractivity contribution is -0.115. The Morgan fingerprint density at radius 2 is 2.38 bits per heavy atom. The quantitative estimate of drug-likeness (QED) is 0.692. The van der Waals surface area contributed by atoms with E-state index in [2.05, 4.69) is 15.6 Å². The molecule has 1 aromatic heterocycles. The van der Waals surface area contributed by atoms with Crippen LogP contribution < -0.4 is 10.6 Å². The van der Waals surface area contributed by atoms with Crippen molar-refractivity contribution in [1.82, 2.24) is 10.3 Å². The summed E-state index contributed by atoms with van der Waals surface area (Å²) in [6, 6.07) is 3.74. The molecule has 5 nitrogen and oxygen atoms in total. The van der Waals surface area contributed by atoms with Gasteiger partial charge in [-0.1, -0.05) is 6.07 Å². The Labute approximate surface area is 95.2 Å². The molecule has 0 radical (unpaired) electrons. The third kappa shape index (κ3) is 4.37. The van der Waals surface area contributed by atoms with E-state index >= 15 is 0 Å². The third-order valence-corrected chi connectivity index (χ3v) is 2.04. The highest BCUT2D eigenvalue weighted by molar-refractivity contribution is 5.91. The van der Waals surface area contributed by atoms with Crippen LogP contribution in [0.5, 0.6) is 0 Å². The van der Waals surface area contributed by atoms with Gasteiger partial charge in [0.05, 0.1) is 13.2 Å². The average Bonchev–Trinajstić information content (AvgIpc) is 2.28. The zero-order valence-corrected chi connectivity index (χ0v) is 9.62. The van der Waals surface area contributed by atoms with Crippen LogP contribution in [0.25, 0.3) is 0 Å². The van der Waals surface area contributed by atoms with Crippen LogP contribution in [0.1, 0.15) is 5.56 Å². The normalized spacial score (nSPS) is 10.1. The Kier molecular flexibility index (Phi) is 5.45. The summed E-state index contributed by atoms with van der Waals surface area (Å²) in [4.78, 5) is 15.6. The first-order valence-electron chi connectivity index (χ1n) is 5.15. The predicted molar refractivity (Wildman–Crippen MR) is 62.3 cm³/mol. The van der Waals surface area contributed by atoms with Gasteiger partial charge < -0.3 is 15.4 Å². The molecule has 0 bridgehead atoms. The first-order valence-corrected chi connectivity index (χ1v) is 5.15. The third-order valence-electron chi connectivity index (χ3n) is 2.04. The topological polar surface area (TPSA) is 63.2 Å². The molecule has 1 amide bonds. The monoisotopic (exact) mass is 223 g/mol. The highest BCUT2D eigenvalue weighted by Gasteiger charge is 2.04. The van der Waals surface area contributed by atoms with Gasteiger partial charge in [0.25, 0.3) is 0 Å². The minimum atomic E-state index is -0.0992. The molecule has 0 aliphatic rings. The number of pyridine rings is 1. The summed E-state index contributed by atoms with van der Waals surface area (Å²) in [5.41, 5.74) is 0.952. The fraction of sp³-hybridized carbons (Fsp3) is 0.455. The highest BCUT2D eigenvalue weighted by Crippen LogP contribution is 2.08. The van der Waals surface area contributed by atoms with Gasteiger partial charge in [-0.2, -0.15) is 0 Å². The molecule has 16 heavy (non-hydrogen) atoms. The van der Waals surface area contributed by atoms with Gasteiger partial charge >= 0.3 is 0 Å². The fourth-order valence-electron chi connectivity index (χ4n) is 1.17. The van der Waals surface area contributed by atoms with Crippen LogP contribution in [0, 0.1) is 6.92 Å². The maximum atomic E-state index is 11.5. The van der Waals surface area contributed by atoms with Gasteiger partial charge in [0, 0.05) is 19.9 Å². The minimum absolute atomic E-state index is 0.0992. The molecule has 0 saturated heterocycles. The van der Waals surface area contributed by atoms with E-state index in [-0.39, 0.29) is 12.5 Å². The van der Waals surface area contributed by atoms with Crippen molar-refractivity contribution in [3.63, 3.8) is 0 Å². The molecule has 0 aliphatic carbocycles. The van der Waals surface area contributed by atoms with Crippen LogP contribution in [-0.4, -0.2) is 37.7 Å². The number of nitrogens with one attached hydrogen (secondary N) is 2. The Hall–Kier alpha value is -1.46. The smallest absolute Gasteiger partial charge is 0.239 e. The molecule has 88 valence electrons. The molecule has 0 aromatic carbocycles. The average molecular weight is 223 g/mol. The molecular weight excluding hydrogens is 206 g/mol. The number of anilines is 1.